The molecule has 0 amide bonds. The quantitative estimate of drug-likeness (QED) is 0.338. The van der Waals surface area contributed by atoms with Crippen LogP contribution >= 0.6 is 46.4 Å². The minimum absolute atomic E-state index is 0.0683. The zero-order valence-electron chi connectivity index (χ0n) is 17.0. The predicted octanol–water partition coefficient (Wildman–Crippen LogP) is 7.85. The van der Waals surface area contributed by atoms with Crippen LogP contribution < -0.4 is 0 Å². The standard InChI is InChI=1S/C26H19Cl4NO/c27-22-8-4-9-23(28)20(22)12-18-15-31(14-17-6-2-1-3-7-17)16-19(26(18)32)13-21-24(29)10-5-11-25(21)30/h1-13H,14-16H2/b18-12-,19-13+. The molecule has 1 heterocycles. The van der Waals surface area contributed by atoms with Gasteiger partial charge in [0.1, 0.15) is 0 Å². The molecule has 3 aromatic rings. The molecule has 0 unspecified atom stereocenters. The summed E-state index contributed by atoms with van der Waals surface area (Å²) < 4.78 is 0. The fourth-order valence-electron chi connectivity index (χ4n) is 3.71. The highest BCUT2D eigenvalue weighted by atomic mass is 35.5. The van der Waals surface area contributed by atoms with Crippen molar-refractivity contribution in [2.24, 2.45) is 0 Å². The SMILES string of the molecule is O=C1/C(=C\c2c(Cl)cccc2Cl)CN(Cc2ccccc2)C/C1=C\c1c(Cl)cccc1Cl. The van der Waals surface area contributed by atoms with E-state index in [4.69, 9.17) is 46.4 Å². The van der Waals surface area contributed by atoms with Gasteiger partial charge in [0.05, 0.1) is 0 Å². The van der Waals surface area contributed by atoms with Crippen LogP contribution in [0.1, 0.15) is 16.7 Å². The lowest BCUT2D eigenvalue weighted by Gasteiger charge is -2.30. The minimum atomic E-state index is -0.0683. The maximum Gasteiger partial charge on any atom is 0.187 e. The van der Waals surface area contributed by atoms with E-state index in [1.165, 1.54) is 0 Å². The van der Waals surface area contributed by atoms with Crippen LogP contribution in [0.25, 0.3) is 12.2 Å². The van der Waals surface area contributed by atoms with Gasteiger partial charge in [0.15, 0.2) is 5.78 Å². The maximum atomic E-state index is 13.4. The smallest absolute Gasteiger partial charge is 0.187 e. The van der Waals surface area contributed by atoms with Crippen LogP contribution in [0.15, 0.2) is 77.9 Å². The highest BCUT2D eigenvalue weighted by Gasteiger charge is 2.27. The second-order valence-electron chi connectivity index (χ2n) is 7.57. The molecular formula is C26H19Cl4NO. The van der Waals surface area contributed by atoms with E-state index in [2.05, 4.69) is 17.0 Å². The average molecular weight is 503 g/mol. The fourth-order valence-corrected chi connectivity index (χ4v) is 4.72. The van der Waals surface area contributed by atoms with E-state index in [-0.39, 0.29) is 5.78 Å². The van der Waals surface area contributed by atoms with Gasteiger partial charge in [0.2, 0.25) is 0 Å². The Balaban J connectivity index is 1.77. The average Bonchev–Trinajstić information content (AvgIpc) is 2.77. The molecule has 3 aromatic carbocycles. The summed E-state index contributed by atoms with van der Waals surface area (Å²) >= 11 is 25.5. The largest absolute Gasteiger partial charge is 0.290 e. The van der Waals surface area contributed by atoms with Crippen LogP contribution in [0.4, 0.5) is 0 Å². The molecular weight excluding hydrogens is 484 g/mol. The summed E-state index contributed by atoms with van der Waals surface area (Å²) in [5, 5.41) is 1.99. The molecule has 0 spiro atoms. The summed E-state index contributed by atoms with van der Waals surface area (Å²) in [5.41, 5.74) is 3.65. The first-order valence-electron chi connectivity index (χ1n) is 10.0. The first-order chi connectivity index (χ1) is 15.4. The van der Waals surface area contributed by atoms with Crippen molar-refractivity contribution in [3.63, 3.8) is 0 Å². The van der Waals surface area contributed by atoms with E-state index < -0.39 is 0 Å². The molecule has 4 rings (SSSR count). The van der Waals surface area contributed by atoms with E-state index in [0.717, 1.165) is 5.56 Å². The minimum Gasteiger partial charge on any atom is -0.290 e. The molecule has 0 saturated carbocycles. The summed E-state index contributed by atoms with van der Waals surface area (Å²) in [6.45, 7) is 1.64. The molecule has 6 heteroatoms. The van der Waals surface area contributed by atoms with E-state index in [1.807, 2.05) is 18.2 Å². The van der Waals surface area contributed by atoms with Crippen molar-refractivity contribution in [1.82, 2.24) is 4.90 Å². The number of hydrogen-bond donors (Lipinski definition) is 0. The van der Waals surface area contributed by atoms with Crippen LogP contribution in [0.3, 0.4) is 0 Å². The third-order valence-corrected chi connectivity index (χ3v) is 6.58. The molecule has 2 nitrogen and oxygen atoms in total. The van der Waals surface area contributed by atoms with Crippen molar-refractivity contribution in [3.05, 3.63) is 115 Å². The highest BCUT2D eigenvalue weighted by molar-refractivity contribution is 6.38. The summed E-state index contributed by atoms with van der Waals surface area (Å²) in [6, 6.07) is 20.7. The second kappa shape index (κ2) is 10.2. The van der Waals surface area contributed by atoms with E-state index in [1.54, 1.807) is 48.6 Å². The topological polar surface area (TPSA) is 20.3 Å². The number of carbonyl (C=O) groups excluding carboxylic acids is 1. The molecule has 0 N–H and O–H groups in total. The number of halogens is 4. The van der Waals surface area contributed by atoms with Crippen LogP contribution in [0.5, 0.6) is 0 Å². The molecule has 162 valence electrons. The first-order valence-corrected chi connectivity index (χ1v) is 11.5. The third-order valence-electron chi connectivity index (χ3n) is 5.26. The monoisotopic (exact) mass is 501 g/mol. The van der Waals surface area contributed by atoms with Crippen molar-refractivity contribution < 1.29 is 4.79 Å². The summed E-state index contributed by atoms with van der Waals surface area (Å²) in [5.74, 6) is -0.0683. The lowest BCUT2D eigenvalue weighted by molar-refractivity contribution is -0.113. The van der Waals surface area contributed by atoms with Crippen LogP contribution in [-0.4, -0.2) is 23.8 Å². The lowest BCUT2D eigenvalue weighted by atomic mass is 9.93. The van der Waals surface area contributed by atoms with Crippen molar-refractivity contribution in [2.75, 3.05) is 13.1 Å². The molecule has 1 saturated heterocycles. The Bertz CT molecular complexity index is 1100. The Morgan fingerprint density at radius 1 is 0.656 bits per heavy atom. The maximum absolute atomic E-state index is 13.4. The lowest BCUT2D eigenvalue weighted by Crippen LogP contribution is -2.37. The van der Waals surface area contributed by atoms with Gasteiger partial charge in [-0.25, -0.2) is 0 Å². The summed E-state index contributed by atoms with van der Waals surface area (Å²) in [6.07, 6.45) is 3.57. The van der Waals surface area contributed by atoms with Crippen LogP contribution in [0.2, 0.25) is 20.1 Å². The zero-order valence-corrected chi connectivity index (χ0v) is 20.0. The molecule has 0 bridgehead atoms. The Labute approximate surface area is 207 Å². The number of benzene rings is 3. The number of nitrogens with zero attached hydrogens (tertiary/aromatic N) is 1. The molecule has 0 aliphatic carbocycles. The zero-order chi connectivity index (χ0) is 22.7. The number of Topliss-reactive ketones (excluding diaryl/α,β-unsaturated/α-hetero) is 1. The number of rotatable bonds is 4. The molecule has 32 heavy (non-hydrogen) atoms. The summed E-state index contributed by atoms with van der Waals surface area (Å²) in [4.78, 5) is 15.6. The van der Waals surface area contributed by atoms with Crippen molar-refractivity contribution in [2.45, 2.75) is 6.54 Å². The van der Waals surface area contributed by atoms with Crippen molar-refractivity contribution in [3.8, 4) is 0 Å². The van der Waals surface area contributed by atoms with E-state index in [0.29, 0.717) is 62.0 Å². The number of likely N-dealkylation sites (tertiary alicyclic amines) is 1. The molecule has 0 aromatic heterocycles. The van der Waals surface area contributed by atoms with Gasteiger partial charge >= 0.3 is 0 Å². The van der Waals surface area contributed by atoms with Gasteiger partial charge in [-0.2, -0.15) is 0 Å². The van der Waals surface area contributed by atoms with Gasteiger partial charge in [0, 0.05) is 62.0 Å². The first kappa shape index (κ1) is 23.1. The van der Waals surface area contributed by atoms with Gasteiger partial charge in [-0.3, -0.25) is 9.69 Å². The van der Waals surface area contributed by atoms with Crippen molar-refractivity contribution in [1.29, 1.82) is 0 Å². The number of piperidine rings is 1. The molecule has 1 fully saturated rings. The van der Waals surface area contributed by atoms with Crippen molar-refractivity contribution >= 4 is 64.3 Å². The number of hydrogen-bond acceptors (Lipinski definition) is 2. The Kier molecular flexibility index (Phi) is 7.40. The number of ketones is 1. The van der Waals surface area contributed by atoms with E-state index in [9.17, 15) is 4.79 Å². The summed E-state index contributed by atoms with van der Waals surface area (Å²) in [7, 11) is 0. The Hall–Kier alpha value is -2.07. The van der Waals surface area contributed by atoms with Gasteiger partial charge in [0.25, 0.3) is 0 Å². The normalized spacial score (nSPS) is 17.3. The van der Waals surface area contributed by atoms with Crippen LogP contribution in [-0.2, 0) is 11.3 Å². The highest BCUT2D eigenvalue weighted by Crippen LogP contribution is 2.32. The fraction of sp³-hybridized carbons (Fsp3) is 0.115. The Morgan fingerprint density at radius 2 is 1.09 bits per heavy atom. The van der Waals surface area contributed by atoms with Gasteiger partial charge < -0.3 is 0 Å². The Morgan fingerprint density at radius 3 is 1.53 bits per heavy atom. The molecule has 1 aliphatic rings. The number of carbonyl (C=O) groups is 1. The van der Waals surface area contributed by atoms with Crippen LogP contribution in [0, 0.1) is 0 Å². The third kappa shape index (κ3) is 5.28. The van der Waals surface area contributed by atoms with Gasteiger partial charge in [-0.1, -0.05) is 88.9 Å². The predicted molar refractivity (Wildman–Crippen MR) is 136 cm³/mol. The molecule has 0 radical (unpaired) electrons. The van der Waals surface area contributed by atoms with E-state index >= 15 is 0 Å². The van der Waals surface area contributed by atoms with Gasteiger partial charge in [-0.05, 0) is 42.0 Å². The molecule has 1 aliphatic heterocycles. The second-order valence-corrected chi connectivity index (χ2v) is 9.20. The van der Waals surface area contributed by atoms with Gasteiger partial charge in [-0.15, -0.1) is 0 Å². The molecule has 0 atom stereocenters.